The Morgan fingerprint density at radius 1 is 0.941 bits per heavy atom. The van der Waals surface area contributed by atoms with E-state index >= 15 is 0 Å². The Kier molecular flexibility index (Phi) is 10.4. The molecule has 1 unspecified atom stereocenters. The zero-order valence-electron chi connectivity index (χ0n) is 12.6. The summed E-state index contributed by atoms with van der Waals surface area (Å²) in [5, 5.41) is 0. The molecule has 0 bridgehead atoms. The van der Waals surface area contributed by atoms with Gasteiger partial charge in [0.1, 0.15) is 0 Å². The third-order valence-corrected chi connectivity index (χ3v) is 3.91. The van der Waals surface area contributed by atoms with Crippen molar-refractivity contribution in [3.63, 3.8) is 0 Å². The van der Waals surface area contributed by atoms with Crippen molar-refractivity contribution < 1.29 is 0 Å². The van der Waals surface area contributed by atoms with Gasteiger partial charge in [-0.3, -0.25) is 0 Å². The number of hydrogen-bond donors (Lipinski definition) is 1. The summed E-state index contributed by atoms with van der Waals surface area (Å²) in [5.41, 5.74) is 0. The van der Waals surface area contributed by atoms with E-state index in [1.54, 1.807) is 0 Å². The van der Waals surface area contributed by atoms with Gasteiger partial charge in [0.25, 0.3) is 0 Å². The van der Waals surface area contributed by atoms with E-state index in [0.29, 0.717) is 0 Å². The van der Waals surface area contributed by atoms with Crippen LogP contribution < -0.4 is 0 Å². The van der Waals surface area contributed by atoms with Crippen LogP contribution in [-0.4, -0.2) is 30.3 Å². The molecule has 0 N–H and O–H groups in total. The number of nitrogens with zero attached hydrogens (tertiary/aromatic N) is 1. The lowest BCUT2D eigenvalue weighted by atomic mass is 10.1. The minimum Gasteiger partial charge on any atom is -0.303 e. The summed E-state index contributed by atoms with van der Waals surface area (Å²) in [6.07, 6.45) is 3.89. The van der Waals surface area contributed by atoms with Gasteiger partial charge in [0.05, 0.1) is 0 Å². The van der Waals surface area contributed by atoms with E-state index in [1.165, 1.54) is 38.9 Å². The smallest absolute Gasteiger partial charge is 0.00174 e. The second-order valence-electron chi connectivity index (χ2n) is 6.12. The largest absolute Gasteiger partial charge is 0.303 e. The van der Waals surface area contributed by atoms with Crippen molar-refractivity contribution in [2.24, 2.45) is 17.8 Å². The molecule has 0 rings (SSSR count). The summed E-state index contributed by atoms with van der Waals surface area (Å²) in [5.74, 6) is 3.41. The number of thiol groups is 1. The Balaban J connectivity index is 4.08. The van der Waals surface area contributed by atoms with Gasteiger partial charge in [-0.05, 0) is 49.4 Å². The van der Waals surface area contributed by atoms with Gasteiger partial charge in [0.15, 0.2) is 0 Å². The summed E-state index contributed by atoms with van der Waals surface area (Å²) < 4.78 is 0. The van der Waals surface area contributed by atoms with Gasteiger partial charge < -0.3 is 4.90 Å². The molecule has 17 heavy (non-hydrogen) atoms. The van der Waals surface area contributed by atoms with Crippen molar-refractivity contribution >= 4 is 12.6 Å². The molecule has 2 heteroatoms. The molecule has 0 radical (unpaired) electrons. The fraction of sp³-hybridized carbons (Fsp3) is 1.00. The molecule has 0 spiro atoms. The molecule has 0 aliphatic rings. The molecule has 0 aliphatic heterocycles. The van der Waals surface area contributed by atoms with Crippen LogP contribution in [0.15, 0.2) is 0 Å². The lowest BCUT2D eigenvalue weighted by Crippen LogP contribution is -2.33. The van der Waals surface area contributed by atoms with Crippen LogP contribution in [0, 0.1) is 17.8 Å². The highest BCUT2D eigenvalue weighted by Gasteiger charge is 2.12. The Bertz CT molecular complexity index is 152. The molecule has 0 saturated carbocycles. The molecule has 0 aromatic rings. The second-order valence-corrected chi connectivity index (χ2v) is 6.49. The van der Waals surface area contributed by atoms with Gasteiger partial charge in [0.2, 0.25) is 0 Å². The molecule has 0 fully saturated rings. The molecular formula is C15H33NS. The lowest BCUT2D eigenvalue weighted by molar-refractivity contribution is 0.213. The normalized spacial score (nSPS) is 13.9. The van der Waals surface area contributed by atoms with Crippen LogP contribution in [0.2, 0.25) is 0 Å². The molecule has 1 atom stereocenters. The van der Waals surface area contributed by atoms with Gasteiger partial charge in [-0.2, -0.15) is 12.6 Å². The monoisotopic (exact) mass is 259 g/mol. The molecule has 104 valence electrons. The van der Waals surface area contributed by atoms with E-state index in [0.717, 1.165) is 23.5 Å². The summed E-state index contributed by atoms with van der Waals surface area (Å²) in [6, 6.07) is 0. The molecule has 0 aromatic heterocycles. The van der Waals surface area contributed by atoms with Crippen LogP contribution in [0.5, 0.6) is 0 Å². The maximum Gasteiger partial charge on any atom is 0.00174 e. The van der Waals surface area contributed by atoms with Gasteiger partial charge >= 0.3 is 0 Å². The molecule has 0 amide bonds. The highest BCUT2D eigenvalue weighted by molar-refractivity contribution is 7.80. The first kappa shape index (κ1) is 17.3. The van der Waals surface area contributed by atoms with E-state index in [4.69, 9.17) is 0 Å². The van der Waals surface area contributed by atoms with E-state index in [9.17, 15) is 0 Å². The lowest BCUT2D eigenvalue weighted by Gasteiger charge is -2.27. The van der Waals surface area contributed by atoms with Crippen molar-refractivity contribution in [2.75, 3.05) is 25.4 Å². The maximum absolute atomic E-state index is 4.46. The number of rotatable bonds is 10. The quantitative estimate of drug-likeness (QED) is 0.571. The van der Waals surface area contributed by atoms with E-state index < -0.39 is 0 Å². The summed E-state index contributed by atoms with van der Waals surface area (Å²) >= 11 is 4.46. The predicted octanol–water partition coefficient (Wildman–Crippen LogP) is 4.34. The zero-order valence-corrected chi connectivity index (χ0v) is 13.5. The first-order valence-electron chi connectivity index (χ1n) is 7.32. The highest BCUT2D eigenvalue weighted by atomic mass is 32.1. The molecule has 0 aliphatic carbocycles. The van der Waals surface area contributed by atoms with E-state index in [1.807, 2.05) is 0 Å². The maximum atomic E-state index is 4.46. The molecular weight excluding hydrogens is 226 g/mol. The topological polar surface area (TPSA) is 3.24 Å². The Morgan fingerprint density at radius 2 is 1.41 bits per heavy atom. The molecule has 0 aromatic carbocycles. The van der Waals surface area contributed by atoms with Gasteiger partial charge in [-0.25, -0.2) is 0 Å². The van der Waals surface area contributed by atoms with Crippen molar-refractivity contribution in [1.82, 2.24) is 4.90 Å². The predicted molar refractivity (Wildman–Crippen MR) is 83.0 cm³/mol. The molecule has 1 nitrogen and oxygen atoms in total. The first-order chi connectivity index (χ1) is 7.99. The summed E-state index contributed by atoms with van der Waals surface area (Å²) in [4.78, 5) is 2.66. The first-order valence-corrected chi connectivity index (χ1v) is 7.96. The van der Waals surface area contributed by atoms with E-state index in [2.05, 4.69) is 52.1 Å². The summed E-state index contributed by atoms with van der Waals surface area (Å²) in [6.45, 7) is 15.3. The van der Waals surface area contributed by atoms with Crippen LogP contribution in [0.4, 0.5) is 0 Å². The average molecular weight is 260 g/mol. The van der Waals surface area contributed by atoms with Crippen LogP contribution in [0.25, 0.3) is 0 Å². The van der Waals surface area contributed by atoms with Crippen molar-refractivity contribution in [2.45, 2.75) is 53.9 Å². The standard InChI is InChI=1S/C15H33NS/c1-6-15(12-17)11-16(9-7-13(2)3)10-8-14(4)5/h13-15,17H,6-12H2,1-5H3. The van der Waals surface area contributed by atoms with Crippen LogP contribution >= 0.6 is 12.6 Å². The SMILES string of the molecule is CCC(CS)CN(CCC(C)C)CCC(C)C. The van der Waals surface area contributed by atoms with Crippen molar-refractivity contribution in [3.8, 4) is 0 Å². The Hall–Kier alpha value is 0.310. The van der Waals surface area contributed by atoms with Crippen LogP contribution in [-0.2, 0) is 0 Å². The van der Waals surface area contributed by atoms with Gasteiger partial charge in [0, 0.05) is 6.54 Å². The van der Waals surface area contributed by atoms with Crippen molar-refractivity contribution in [1.29, 1.82) is 0 Å². The molecule has 0 heterocycles. The van der Waals surface area contributed by atoms with Gasteiger partial charge in [-0.15, -0.1) is 0 Å². The highest BCUT2D eigenvalue weighted by Crippen LogP contribution is 2.12. The zero-order chi connectivity index (χ0) is 13.3. The minimum absolute atomic E-state index is 0.762. The van der Waals surface area contributed by atoms with E-state index in [-0.39, 0.29) is 0 Å². The third kappa shape index (κ3) is 9.96. The summed E-state index contributed by atoms with van der Waals surface area (Å²) in [7, 11) is 0. The van der Waals surface area contributed by atoms with Crippen LogP contribution in [0.1, 0.15) is 53.9 Å². The number of hydrogen-bond acceptors (Lipinski definition) is 2. The minimum atomic E-state index is 0.762. The average Bonchev–Trinajstić information content (AvgIpc) is 2.27. The molecule has 0 saturated heterocycles. The fourth-order valence-corrected chi connectivity index (χ4v) is 2.23. The Labute approximate surface area is 115 Å². The second kappa shape index (κ2) is 10.3. The van der Waals surface area contributed by atoms with Crippen LogP contribution in [0.3, 0.4) is 0 Å². The van der Waals surface area contributed by atoms with Crippen molar-refractivity contribution in [3.05, 3.63) is 0 Å². The third-order valence-electron chi connectivity index (χ3n) is 3.40. The van der Waals surface area contributed by atoms with Gasteiger partial charge in [-0.1, -0.05) is 41.0 Å². The fourth-order valence-electron chi connectivity index (χ4n) is 1.86. The Morgan fingerprint density at radius 3 is 1.71 bits per heavy atom.